The van der Waals surface area contributed by atoms with Gasteiger partial charge in [-0.3, -0.25) is 4.98 Å². The molecule has 0 unspecified atom stereocenters. The van der Waals surface area contributed by atoms with Crippen LogP contribution in [-0.4, -0.2) is 36.8 Å². The quantitative estimate of drug-likeness (QED) is 0.938. The van der Waals surface area contributed by atoms with Crippen LogP contribution >= 0.6 is 0 Å². The molecule has 1 fully saturated rings. The second-order valence-electron chi connectivity index (χ2n) is 5.86. The maximum atomic E-state index is 13.2. The summed E-state index contributed by atoms with van der Waals surface area (Å²) in [6, 6.07) is 8.67. The van der Waals surface area contributed by atoms with Crippen LogP contribution in [-0.2, 0) is 10.0 Å². The number of piperidine rings is 1. The van der Waals surface area contributed by atoms with E-state index in [0.717, 1.165) is 12.8 Å². The van der Waals surface area contributed by atoms with Crippen LogP contribution < -0.4 is 5.73 Å². The minimum absolute atomic E-state index is 0.134. The van der Waals surface area contributed by atoms with E-state index in [2.05, 4.69) is 11.9 Å². The third-order valence-corrected chi connectivity index (χ3v) is 6.48. The molecule has 1 aromatic carbocycles. The number of aromatic nitrogens is 1. The molecule has 6 heteroatoms. The third-order valence-electron chi connectivity index (χ3n) is 4.50. The molecule has 118 valence electrons. The van der Waals surface area contributed by atoms with Gasteiger partial charge in [0.05, 0.1) is 10.4 Å². The molecule has 22 heavy (non-hydrogen) atoms. The van der Waals surface area contributed by atoms with Gasteiger partial charge in [0.25, 0.3) is 0 Å². The van der Waals surface area contributed by atoms with E-state index in [4.69, 9.17) is 5.73 Å². The molecule has 1 aliphatic heterocycles. The predicted molar refractivity (Wildman–Crippen MR) is 86.9 cm³/mol. The number of rotatable bonds is 3. The lowest BCUT2D eigenvalue weighted by Gasteiger charge is -2.38. The van der Waals surface area contributed by atoms with Gasteiger partial charge < -0.3 is 5.73 Å². The summed E-state index contributed by atoms with van der Waals surface area (Å²) in [6.45, 7) is 2.96. The fraction of sp³-hybridized carbons (Fsp3) is 0.438. The Labute approximate surface area is 131 Å². The standard InChI is InChI=1S/C16H21N3O2S/c1-12-5-4-10-19(15(12)11-17)22(20,21)16-8-2-7-14-13(16)6-3-9-18-14/h2-3,6-9,12,15H,4-5,10-11,17H2,1H3/t12-,15+/m1/s1. The molecule has 0 amide bonds. The van der Waals surface area contributed by atoms with Crippen molar-refractivity contribution < 1.29 is 8.42 Å². The van der Waals surface area contributed by atoms with Gasteiger partial charge >= 0.3 is 0 Å². The second kappa shape index (κ2) is 5.95. The number of nitrogens with zero attached hydrogens (tertiary/aromatic N) is 2. The van der Waals surface area contributed by atoms with Crippen molar-refractivity contribution in [1.29, 1.82) is 0 Å². The smallest absolute Gasteiger partial charge is 0.244 e. The molecule has 2 N–H and O–H groups in total. The zero-order valence-electron chi connectivity index (χ0n) is 12.6. The van der Waals surface area contributed by atoms with Crippen LogP contribution in [0.3, 0.4) is 0 Å². The molecule has 2 aromatic rings. The third kappa shape index (κ3) is 2.51. The largest absolute Gasteiger partial charge is 0.329 e. The topological polar surface area (TPSA) is 76.3 Å². The molecule has 1 saturated heterocycles. The second-order valence-corrected chi connectivity index (χ2v) is 7.72. The fourth-order valence-corrected chi connectivity index (χ4v) is 5.26. The highest BCUT2D eigenvalue weighted by Gasteiger charge is 2.37. The van der Waals surface area contributed by atoms with E-state index in [0.29, 0.717) is 28.9 Å². The summed E-state index contributed by atoms with van der Waals surface area (Å²) in [5.74, 6) is 0.279. The molecule has 5 nitrogen and oxygen atoms in total. The minimum Gasteiger partial charge on any atom is -0.329 e. The molecule has 0 bridgehead atoms. The molecule has 0 aliphatic carbocycles. The lowest BCUT2D eigenvalue weighted by Crippen LogP contribution is -2.51. The van der Waals surface area contributed by atoms with Crippen LogP contribution in [0.4, 0.5) is 0 Å². The zero-order valence-corrected chi connectivity index (χ0v) is 13.5. The van der Waals surface area contributed by atoms with Gasteiger partial charge in [0.1, 0.15) is 0 Å². The Bertz CT molecular complexity index is 771. The fourth-order valence-electron chi connectivity index (χ4n) is 3.29. The Morgan fingerprint density at radius 1 is 1.32 bits per heavy atom. The van der Waals surface area contributed by atoms with Crippen molar-refractivity contribution in [3.05, 3.63) is 36.5 Å². The summed E-state index contributed by atoms with van der Waals surface area (Å²) in [4.78, 5) is 4.57. The minimum atomic E-state index is -3.57. The number of sulfonamides is 1. The van der Waals surface area contributed by atoms with Crippen LogP contribution in [0.5, 0.6) is 0 Å². The maximum Gasteiger partial charge on any atom is 0.244 e. The molecule has 1 aromatic heterocycles. The normalized spacial score (nSPS) is 23.7. The number of hydrogen-bond donors (Lipinski definition) is 1. The van der Waals surface area contributed by atoms with E-state index >= 15 is 0 Å². The number of fused-ring (bicyclic) bond motifs is 1. The van der Waals surface area contributed by atoms with E-state index < -0.39 is 10.0 Å². The van der Waals surface area contributed by atoms with Crippen molar-refractivity contribution in [3.63, 3.8) is 0 Å². The average Bonchev–Trinajstić information content (AvgIpc) is 2.54. The Morgan fingerprint density at radius 2 is 2.14 bits per heavy atom. The Balaban J connectivity index is 2.12. The lowest BCUT2D eigenvalue weighted by molar-refractivity contribution is 0.192. The van der Waals surface area contributed by atoms with Gasteiger partial charge in [0, 0.05) is 30.7 Å². The summed E-state index contributed by atoms with van der Waals surface area (Å²) < 4.78 is 27.9. The first kappa shape index (κ1) is 15.4. The van der Waals surface area contributed by atoms with Crippen LogP contribution in [0.2, 0.25) is 0 Å². The van der Waals surface area contributed by atoms with Gasteiger partial charge in [-0.05, 0) is 43.0 Å². The molecule has 3 rings (SSSR count). The van der Waals surface area contributed by atoms with Crippen molar-refractivity contribution in [3.8, 4) is 0 Å². The molecule has 2 atom stereocenters. The van der Waals surface area contributed by atoms with Crippen molar-refractivity contribution in [2.45, 2.75) is 30.7 Å². The van der Waals surface area contributed by atoms with Gasteiger partial charge in [-0.15, -0.1) is 0 Å². The number of benzene rings is 1. The monoisotopic (exact) mass is 319 g/mol. The highest BCUT2D eigenvalue weighted by atomic mass is 32.2. The first-order valence-electron chi connectivity index (χ1n) is 7.61. The predicted octanol–water partition coefficient (Wildman–Crippen LogP) is 1.98. The van der Waals surface area contributed by atoms with E-state index in [9.17, 15) is 8.42 Å². The first-order chi connectivity index (χ1) is 10.6. The van der Waals surface area contributed by atoms with Crippen LogP contribution in [0.15, 0.2) is 41.4 Å². The van der Waals surface area contributed by atoms with Crippen molar-refractivity contribution in [2.75, 3.05) is 13.1 Å². The van der Waals surface area contributed by atoms with E-state index in [-0.39, 0.29) is 12.0 Å². The molecule has 0 saturated carbocycles. The van der Waals surface area contributed by atoms with Gasteiger partial charge in [-0.2, -0.15) is 4.31 Å². The molecular formula is C16H21N3O2S. The van der Waals surface area contributed by atoms with Crippen molar-refractivity contribution in [1.82, 2.24) is 9.29 Å². The van der Waals surface area contributed by atoms with Gasteiger partial charge in [-0.25, -0.2) is 8.42 Å². The Morgan fingerprint density at radius 3 is 2.91 bits per heavy atom. The molecule has 0 radical (unpaired) electrons. The Kier molecular flexibility index (Phi) is 4.16. The molecular weight excluding hydrogens is 298 g/mol. The van der Waals surface area contributed by atoms with Gasteiger partial charge in [0.15, 0.2) is 0 Å². The molecule has 2 heterocycles. The number of hydrogen-bond acceptors (Lipinski definition) is 4. The molecule has 1 aliphatic rings. The average molecular weight is 319 g/mol. The number of nitrogens with two attached hydrogens (primary N) is 1. The van der Waals surface area contributed by atoms with E-state index in [1.165, 1.54) is 0 Å². The highest BCUT2D eigenvalue weighted by Crippen LogP contribution is 2.31. The van der Waals surface area contributed by atoms with Crippen LogP contribution in [0.1, 0.15) is 19.8 Å². The Hall–Kier alpha value is -1.50. The summed E-state index contributed by atoms with van der Waals surface area (Å²) in [6.07, 6.45) is 3.56. The van der Waals surface area contributed by atoms with E-state index in [1.807, 2.05) is 6.07 Å². The molecule has 0 spiro atoms. The summed E-state index contributed by atoms with van der Waals surface area (Å²) >= 11 is 0. The van der Waals surface area contributed by atoms with Gasteiger partial charge in [0.2, 0.25) is 10.0 Å². The maximum absolute atomic E-state index is 13.2. The van der Waals surface area contributed by atoms with E-state index in [1.54, 1.807) is 34.8 Å². The zero-order chi connectivity index (χ0) is 15.7. The van der Waals surface area contributed by atoms with Gasteiger partial charge in [-0.1, -0.05) is 13.0 Å². The lowest BCUT2D eigenvalue weighted by atomic mass is 9.93. The summed E-state index contributed by atoms with van der Waals surface area (Å²) in [7, 11) is -3.57. The number of pyridine rings is 1. The van der Waals surface area contributed by atoms with Crippen LogP contribution in [0.25, 0.3) is 10.9 Å². The SMILES string of the molecule is C[C@@H]1CCCN(S(=O)(=O)c2cccc3ncccc23)[C@H]1CN. The summed E-state index contributed by atoms with van der Waals surface area (Å²) in [5, 5.41) is 0.666. The van der Waals surface area contributed by atoms with Crippen LogP contribution in [0, 0.1) is 5.92 Å². The van der Waals surface area contributed by atoms with Crippen molar-refractivity contribution >= 4 is 20.9 Å². The highest BCUT2D eigenvalue weighted by molar-refractivity contribution is 7.89. The summed E-state index contributed by atoms with van der Waals surface area (Å²) in [5.41, 5.74) is 6.55. The first-order valence-corrected chi connectivity index (χ1v) is 9.05. The van der Waals surface area contributed by atoms with Crippen molar-refractivity contribution in [2.24, 2.45) is 11.7 Å².